The Morgan fingerprint density at radius 2 is 1.88 bits per heavy atom. The van der Waals surface area contributed by atoms with Crippen LogP contribution in [-0.2, 0) is 6.54 Å². The Morgan fingerprint density at radius 3 is 2.41 bits per heavy atom. The molecule has 0 atom stereocenters. The molecule has 17 heavy (non-hydrogen) atoms. The van der Waals surface area contributed by atoms with E-state index in [1.165, 1.54) is 0 Å². The monoisotopic (exact) mass is 233 g/mol. The van der Waals surface area contributed by atoms with Gasteiger partial charge < -0.3 is 10.6 Å². The summed E-state index contributed by atoms with van der Waals surface area (Å²) in [7, 11) is 2.10. The molecule has 0 fully saturated rings. The van der Waals surface area contributed by atoms with Gasteiger partial charge in [0, 0.05) is 18.7 Å². The standard InChI is InChI=1S/C14H23N3/c1-14(2,3)10-17(4)9-11-7-5-6-8-12(11)13(15)16/h5-8H,9-10H2,1-4H3,(H3,15,16). The minimum atomic E-state index is 0.143. The van der Waals surface area contributed by atoms with Crippen LogP contribution in [0.1, 0.15) is 31.9 Å². The number of hydrogen-bond donors (Lipinski definition) is 2. The van der Waals surface area contributed by atoms with E-state index in [0.717, 1.165) is 24.2 Å². The van der Waals surface area contributed by atoms with Crippen molar-refractivity contribution in [3.63, 3.8) is 0 Å². The fourth-order valence-electron chi connectivity index (χ4n) is 2.08. The summed E-state index contributed by atoms with van der Waals surface area (Å²) in [4.78, 5) is 2.27. The number of benzene rings is 1. The Bertz CT molecular complexity index is 391. The molecule has 0 amide bonds. The molecule has 1 aromatic rings. The molecule has 0 unspecified atom stereocenters. The number of amidine groups is 1. The number of nitrogens with two attached hydrogens (primary N) is 1. The fourth-order valence-corrected chi connectivity index (χ4v) is 2.08. The van der Waals surface area contributed by atoms with Crippen molar-refractivity contribution < 1.29 is 0 Å². The van der Waals surface area contributed by atoms with E-state index in [2.05, 4.69) is 32.7 Å². The lowest BCUT2D eigenvalue weighted by Crippen LogP contribution is -2.29. The largest absolute Gasteiger partial charge is 0.384 e. The molecular weight excluding hydrogens is 210 g/mol. The first-order valence-corrected chi connectivity index (χ1v) is 5.90. The van der Waals surface area contributed by atoms with Gasteiger partial charge in [-0.25, -0.2) is 0 Å². The van der Waals surface area contributed by atoms with Gasteiger partial charge in [0.1, 0.15) is 5.84 Å². The van der Waals surface area contributed by atoms with Crippen molar-refractivity contribution in [1.29, 1.82) is 5.41 Å². The van der Waals surface area contributed by atoms with E-state index >= 15 is 0 Å². The SMILES string of the molecule is CN(Cc1ccccc1C(=N)N)CC(C)(C)C. The maximum absolute atomic E-state index is 7.56. The minimum absolute atomic E-state index is 0.143. The number of nitrogens with zero attached hydrogens (tertiary/aromatic N) is 1. The third kappa shape index (κ3) is 4.57. The second-order valence-corrected chi connectivity index (χ2v) is 5.80. The lowest BCUT2D eigenvalue weighted by molar-refractivity contribution is 0.220. The fraction of sp³-hybridized carbons (Fsp3) is 0.500. The summed E-state index contributed by atoms with van der Waals surface area (Å²) in [6.45, 7) is 8.51. The summed E-state index contributed by atoms with van der Waals surface area (Å²) in [5.74, 6) is 0.143. The molecule has 0 aliphatic heterocycles. The number of nitrogen functional groups attached to an aromatic ring is 1. The van der Waals surface area contributed by atoms with Crippen LogP contribution in [0.2, 0.25) is 0 Å². The molecule has 0 spiro atoms. The van der Waals surface area contributed by atoms with Gasteiger partial charge in [0.05, 0.1) is 0 Å². The van der Waals surface area contributed by atoms with Gasteiger partial charge >= 0.3 is 0 Å². The minimum Gasteiger partial charge on any atom is -0.384 e. The Hall–Kier alpha value is -1.35. The molecular formula is C14H23N3. The number of rotatable bonds is 4. The van der Waals surface area contributed by atoms with Crippen molar-refractivity contribution in [2.45, 2.75) is 27.3 Å². The van der Waals surface area contributed by atoms with Crippen LogP contribution in [0.4, 0.5) is 0 Å². The van der Waals surface area contributed by atoms with Crippen LogP contribution >= 0.6 is 0 Å². The molecule has 1 aromatic carbocycles. The summed E-state index contributed by atoms with van der Waals surface area (Å²) in [6, 6.07) is 7.86. The Labute approximate surface area is 104 Å². The second kappa shape index (κ2) is 5.32. The van der Waals surface area contributed by atoms with Crippen LogP contribution in [0, 0.1) is 10.8 Å². The molecule has 94 valence electrons. The van der Waals surface area contributed by atoms with Crippen LogP contribution in [0.15, 0.2) is 24.3 Å². The molecule has 0 aliphatic carbocycles. The summed E-state index contributed by atoms with van der Waals surface area (Å²) in [6.07, 6.45) is 0. The lowest BCUT2D eigenvalue weighted by atomic mass is 9.96. The second-order valence-electron chi connectivity index (χ2n) is 5.80. The summed E-state index contributed by atoms with van der Waals surface area (Å²) < 4.78 is 0. The van der Waals surface area contributed by atoms with E-state index in [1.54, 1.807) is 0 Å². The molecule has 3 N–H and O–H groups in total. The topological polar surface area (TPSA) is 53.1 Å². The zero-order chi connectivity index (χ0) is 13.1. The van der Waals surface area contributed by atoms with Crippen molar-refractivity contribution >= 4 is 5.84 Å². The Kier molecular flexibility index (Phi) is 4.29. The average Bonchev–Trinajstić information content (AvgIpc) is 2.14. The van der Waals surface area contributed by atoms with Crippen molar-refractivity contribution in [3.05, 3.63) is 35.4 Å². The molecule has 3 nitrogen and oxygen atoms in total. The summed E-state index contributed by atoms with van der Waals surface area (Å²) >= 11 is 0. The molecule has 0 saturated heterocycles. The first-order chi connectivity index (χ1) is 7.79. The average molecular weight is 233 g/mol. The third-order valence-electron chi connectivity index (χ3n) is 2.49. The van der Waals surface area contributed by atoms with E-state index in [-0.39, 0.29) is 11.3 Å². The van der Waals surface area contributed by atoms with E-state index < -0.39 is 0 Å². The molecule has 0 bridgehead atoms. The van der Waals surface area contributed by atoms with Crippen molar-refractivity contribution in [3.8, 4) is 0 Å². The third-order valence-corrected chi connectivity index (χ3v) is 2.49. The molecule has 0 heterocycles. The molecule has 0 aromatic heterocycles. The van der Waals surface area contributed by atoms with Gasteiger partial charge in [-0.15, -0.1) is 0 Å². The van der Waals surface area contributed by atoms with Gasteiger partial charge in [0.25, 0.3) is 0 Å². The van der Waals surface area contributed by atoms with Gasteiger partial charge in [-0.2, -0.15) is 0 Å². The van der Waals surface area contributed by atoms with E-state index in [1.807, 2.05) is 24.3 Å². The van der Waals surface area contributed by atoms with Crippen molar-refractivity contribution in [1.82, 2.24) is 4.90 Å². The predicted octanol–water partition coefficient (Wildman–Crippen LogP) is 2.45. The highest BCUT2D eigenvalue weighted by atomic mass is 15.1. The molecule has 1 rings (SSSR count). The van der Waals surface area contributed by atoms with Crippen molar-refractivity contribution in [2.75, 3.05) is 13.6 Å². The van der Waals surface area contributed by atoms with Gasteiger partial charge in [-0.05, 0) is 18.0 Å². The first kappa shape index (κ1) is 13.7. The molecule has 0 radical (unpaired) electrons. The van der Waals surface area contributed by atoms with Gasteiger partial charge in [-0.1, -0.05) is 45.0 Å². The van der Waals surface area contributed by atoms with Gasteiger partial charge in [0.15, 0.2) is 0 Å². The maximum Gasteiger partial charge on any atom is 0.123 e. The maximum atomic E-state index is 7.56. The van der Waals surface area contributed by atoms with Crippen LogP contribution in [-0.4, -0.2) is 24.3 Å². The van der Waals surface area contributed by atoms with Crippen LogP contribution in [0.25, 0.3) is 0 Å². The Morgan fingerprint density at radius 1 is 1.29 bits per heavy atom. The normalized spacial score (nSPS) is 11.8. The van der Waals surface area contributed by atoms with E-state index in [9.17, 15) is 0 Å². The molecule has 0 saturated carbocycles. The highest BCUT2D eigenvalue weighted by Gasteiger charge is 2.14. The predicted molar refractivity (Wildman–Crippen MR) is 73.2 cm³/mol. The first-order valence-electron chi connectivity index (χ1n) is 5.90. The summed E-state index contributed by atoms with van der Waals surface area (Å²) in [5.41, 5.74) is 7.82. The highest BCUT2D eigenvalue weighted by Crippen LogP contribution is 2.17. The quantitative estimate of drug-likeness (QED) is 0.620. The zero-order valence-electron chi connectivity index (χ0n) is 11.2. The highest BCUT2D eigenvalue weighted by molar-refractivity contribution is 5.96. The van der Waals surface area contributed by atoms with Crippen molar-refractivity contribution in [2.24, 2.45) is 11.1 Å². The van der Waals surface area contributed by atoms with Gasteiger partial charge in [-0.3, -0.25) is 5.41 Å². The van der Waals surface area contributed by atoms with E-state index in [4.69, 9.17) is 11.1 Å². The lowest BCUT2D eigenvalue weighted by Gasteiger charge is -2.27. The summed E-state index contributed by atoms with van der Waals surface area (Å²) in [5, 5.41) is 7.56. The van der Waals surface area contributed by atoms with Gasteiger partial charge in [0.2, 0.25) is 0 Å². The zero-order valence-corrected chi connectivity index (χ0v) is 11.2. The van der Waals surface area contributed by atoms with E-state index in [0.29, 0.717) is 0 Å². The van der Waals surface area contributed by atoms with Crippen LogP contribution < -0.4 is 5.73 Å². The number of hydrogen-bond acceptors (Lipinski definition) is 2. The number of nitrogens with one attached hydrogen (secondary N) is 1. The molecule has 0 aliphatic rings. The van der Waals surface area contributed by atoms with Crippen LogP contribution in [0.3, 0.4) is 0 Å². The smallest absolute Gasteiger partial charge is 0.123 e. The molecule has 3 heteroatoms. The Balaban J connectivity index is 2.78. The van der Waals surface area contributed by atoms with Crippen LogP contribution in [0.5, 0.6) is 0 Å².